The van der Waals surface area contributed by atoms with Crippen LogP contribution in [0.5, 0.6) is 23.0 Å². The summed E-state index contributed by atoms with van der Waals surface area (Å²) < 4.78 is 38.1. The summed E-state index contributed by atoms with van der Waals surface area (Å²) in [5.74, 6) is 3.57. The van der Waals surface area contributed by atoms with Crippen LogP contribution in [0.4, 0.5) is 9.59 Å². The highest BCUT2D eigenvalue weighted by Crippen LogP contribution is 2.48. The number of fused-ring (bicyclic) bond motifs is 2. The third kappa shape index (κ3) is 16.7. The number of halogens is 4. The Morgan fingerprint density at radius 3 is 1.25 bits per heavy atom. The van der Waals surface area contributed by atoms with E-state index in [9.17, 15) is 14.7 Å². The van der Waals surface area contributed by atoms with Crippen LogP contribution in [-0.2, 0) is 27.1 Å². The Morgan fingerprint density at radius 1 is 0.570 bits per heavy atom. The molecule has 16 nitrogen and oxygen atoms in total. The van der Waals surface area contributed by atoms with Crippen molar-refractivity contribution < 1.29 is 47.9 Å². The second-order valence-electron chi connectivity index (χ2n) is 20.5. The summed E-state index contributed by atoms with van der Waals surface area (Å²) in [6, 6.07) is 14.5. The maximum Gasteiger partial charge on any atom is 0.410 e. The van der Waals surface area contributed by atoms with Crippen LogP contribution in [0.1, 0.15) is 66.0 Å². The van der Waals surface area contributed by atoms with Crippen molar-refractivity contribution in [2.45, 2.75) is 90.5 Å². The number of likely N-dealkylation sites (tertiary alicyclic amines) is 2. The van der Waals surface area contributed by atoms with Crippen molar-refractivity contribution in [2.24, 2.45) is 11.8 Å². The van der Waals surface area contributed by atoms with Gasteiger partial charge in [0.25, 0.3) is 0 Å². The lowest BCUT2D eigenvalue weighted by atomic mass is 10.0. The Hall–Kier alpha value is -4.22. The van der Waals surface area contributed by atoms with E-state index in [1.807, 2.05) is 77.9 Å². The standard InChI is InChI=1S/C28H33Cl2N3O5.C27H31Cl2N3O5.4H2S/c1-28(2,3)38-27(34)33-14-16(9-19(33)15-35-4)10-23-31-13-18-11-17(7-8-20(18)32-23)24-25(29)21(36-5)12-22(37-6)26(24)30;1-27(2,3)37-26(34)32-13-15(8-18(32)14-33)9-22-30-12-17-10-16(6-7-19(17)31-22)23-24(28)20(35-4)11-21(36-5)25(23)29;;;;/h7-8,11-13,16,19H,9-10,14-15H2,1-6H3;6-7,10-12,15,18,33H,8-9,13-14H2,1-5H3;4*1H2/t16-,19+;15-,18+;;;;/m11..../s1. The fourth-order valence-electron chi connectivity index (χ4n) is 9.38. The van der Waals surface area contributed by atoms with E-state index < -0.39 is 17.3 Å². The maximum absolute atomic E-state index is 12.8. The molecule has 4 aromatic carbocycles. The van der Waals surface area contributed by atoms with Gasteiger partial charge in [-0.2, -0.15) is 54.0 Å². The number of aliphatic hydroxyl groups is 1. The van der Waals surface area contributed by atoms with Gasteiger partial charge in [-0.25, -0.2) is 29.5 Å². The molecule has 79 heavy (non-hydrogen) atoms. The van der Waals surface area contributed by atoms with Crippen LogP contribution in [0.25, 0.3) is 44.1 Å². The van der Waals surface area contributed by atoms with Gasteiger partial charge in [0.2, 0.25) is 0 Å². The number of rotatable bonds is 13. The number of amides is 2. The zero-order chi connectivity index (χ0) is 54.5. The molecule has 2 saturated heterocycles. The van der Waals surface area contributed by atoms with E-state index in [0.29, 0.717) is 99.0 Å². The van der Waals surface area contributed by atoms with Crippen molar-refractivity contribution in [3.63, 3.8) is 0 Å². The van der Waals surface area contributed by atoms with Gasteiger partial charge in [0, 0.05) is 79.5 Å². The molecule has 0 spiro atoms. The number of hydrogen-bond donors (Lipinski definition) is 1. The van der Waals surface area contributed by atoms with Gasteiger partial charge in [0.1, 0.15) is 45.8 Å². The summed E-state index contributed by atoms with van der Waals surface area (Å²) in [5, 5.41) is 13.1. The summed E-state index contributed by atoms with van der Waals surface area (Å²) in [6.45, 7) is 12.5. The van der Waals surface area contributed by atoms with E-state index in [4.69, 9.17) is 89.5 Å². The highest BCUT2D eigenvalue weighted by Gasteiger charge is 2.39. The molecular formula is C55H72Cl4N6O10S4. The van der Waals surface area contributed by atoms with Crippen molar-refractivity contribution in [1.29, 1.82) is 0 Å². The van der Waals surface area contributed by atoms with Gasteiger partial charge in [-0.05, 0) is 102 Å². The first kappa shape index (κ1) is 69.1. The molecular weight excluding hydrogens is 1170 g/mol. The lowest BCUT2D eigenvalue weighted by molar-refractivity contribution is 0.0142. The van der Waals surface area contributed by atoms with Gasteiger partial charge < -0.3 is 48.1 Å². The molecule has 0 aliphatic carbocycles. The molecule has 0 saturated carbocycles. The molecule has 1 N–H and O–H groups in total. The lowest BCUT2D eigenvalue weighted by Crippen LogP contribution is -2.41. The molecule has 4 heterocycles. The maximum atomic E-state index is 12.8. The Morgan fingerprint density at radius 2 is 0.924 bits per heavy atom. The molecule has 2 aliphatic rings. The Balaban J connectivity index is 0.000000395. The number of benzene rings is 4. The van der Waals surface area contributed by atoms with E-state index in [0.717, 1.165) is 45.2 Å². The van der Waals surface area contributed by atoms with Crippen LogP contribution in [0.3, 0.4) is 0 Å². The molecule has 2 amide bonds. The van der Waals surface area contributed by atoms with Gasteiger partial charge in [0.15, 0.2) is 0 Å². The monoisotopic (exact) mass is 1240 g/mol. The lowest BCUT2D eigenvalue weighted by Gasteiger charge is -2.28. The number of hydrogen-bond acceptors (Lipinski definition) is 14. The zero-order valence-corrected chi connectivity index (χ0v) is 53.1. The van der Waals surface area contributed by atoms with Gasteiger partial charge in [-0.1, -0.05) is 58.5 Å². The summed E-state index contributed by atoms with van der Waals surface area (Å²) in [6.07, 6.45) is 5.51. The third-order valence-electron chi connectivity index (χ3n) is 12.8. The van der Waals surface area contributed by atoms with E-state index in [-0.39, 0.29) is 90.6 Å². The van der Waals surface area contributed by atoms with Crippen molar-refractivity contribution in [2.75, 3.05) is 61.9 Å². The Labute approximate surface area is 510 Å². The van der Waals surface area contributed by atoms with Gasteiger partial charge in [-0.15, -0.1) is 0 Å². The number of aliphatic hydroxyl groups excluding tert-OH is 1. The van der Waals surface area contributed by atoms with Crippen molar-refractivity contribution in [1.82, 2.24) is 29.7 Å². The van der Waals surface area contributed by atoms with E-state index >= 15 is 0 Å². The normalized spacial score (nSPS) is 16.8. The second kappa shape index (κ2) is 29.7. The molecule has 0 radical (unpaired) electrons. The van der Waals surface area contributed by atoms with Gasteiger partial charge in [0.05, 0.1) is 84.9 Å². The summed E-state index contributed by atoms with van der Waals surface area (Å²) >= 11 is 26.4. The summed E-state index contributed by atoms with van der Waals surface area (Å²) in [7, 11) is 7.80. The quantitative estimate of drug-likeness (QED) is 0.115. The van der Waals surface area contributed by atoms with E-state index in [1.54, 1.807) is 55.7 Å². The average molecular weight is 1250 g/mol. The molecule has 0 unspecified atom stereocenters. The van der Waals surface area contributed by atoms with Crippen LogP contribution in [0.15, 0.2) is 60.9 Å². The van der Waals surface area contributed by atoms with Crippen LogP contribution < -0.4 is 18.9 Å². The Kier molecular flexibility index (Phi) is 25.9. The van der Waals surface area contributed by atoms with Crippen molar-refractivity contribution >= 4 is 134 Å². The molecule has 24 heteroatoms. The molecule has 4 atom stereocenters. The molecule has 2 aliphatic heterocycles. The van der Waals surface area contributed by atoms with Crippen molar-refractivity contribution in [3.05, 3.63) is 92.7 Å². The highest BCUT2D eigenvalue weighted by atomic mass is 35.5. The van der Waals surface area contributed by atoms with E-state index in [1.165, 1.54) is 14.2 Å². The van der Waals surface area contributed by atoms with Crippen LogP contribution >= 0.6 is 100 Å². The molecule has 0 bridgehead atoms. The van der Waals surface area contributed by atoms with Crippen molar-refractivity contribution in [3.8, 4) is 45.3 Å². The SMILES string of the molecule is COC[C@@H]1C[C@H](Cc2ncc3cc(-c4c(Cl)c(OC)cc(OC)c4Cl)ccc3n2)CN1C(=O)OC(C)(C)C.COc1cc(OC)c(Cl)c(-c2ccc3nc(C[C@H]4C[C@@H](CO)N(C(=O)OC(C)(C)C)C4)ncc3c2)c1Cl.S.S.S.S. The smallest absolute Gasteiger partial charge is 0.410 e. The fourth-order valence-corrected chi connectivity index (χ4v) is 10.8. The molecule has 2 fully saturated rings. The number of carbonyl (C=O) groups is 2. The average Bonchev–Trinajstić information content (AvgIpc) is 3.97. The highest BCUT2D eigenvalue weighted by molar-refractivity contribution is 7.59. The topological polar surface area (TPSA) is 177 Å². The number of carbonyl (C=O) groups excluding carboxylic acids is 2. The van der Waals surface area contributed by atoms with Crippen LogP contribution in [0.2, 0.25) is 20.1 Å². The number of ether oxygens (including phenoxy) is 7. The minimum Gasteiger partial charge on any atom is -0.495 e. The molecule has 434 valence electrons. The molecule has 8 rings (SSSR count). The first-order valence-electron chi connectivity index (χ1n) is 24.4. The predicted octanol–water partition coefficient (Wildman–Crippen LogP) is 12.7. The summed E-state index contributed by atoms with van der Waals surface area (Å²) in [5.41, 5.74) is 3.23. The first-order chi connectivity index (χ1) is 35.6. The van der Waals surface area contributed by atoms with Gasteiger partial charge in [-0.3, -0.25) is 0 Å². The zero-order valence-electron chi connectivity index (χ0n) is 46.1. The number of nitrogens with zero attached hydrogens (tertiary/aromatic N) is 6. The minimum atomic E-state index is -0.597. The summed E-state index contributed by atoms with van der Waals surface area (Å²) in [4.78, 5) is 47.5. The first-order valence-corrected chi connectivity index (χ1v) is 25.9. The minimum absolute atomic E-state index is 0. The third-order valence-corrected chi connectivity index (χ3v) is 14.3. The Bertz CT molecular complexity index is 3010. The van der Waals surface area contributed by atoms with E-state index in [2.05, 4.69) is 9.97 Å². The van der Waals surface area contributed by atoms with Crippen LogP contribution in [0, 0.1) is 11.8 Å². The number of aromatic nitrogens is 4. The van der Waals surface area contributed by atoms with Gasteiger partial charge >= 0.3 is 12.2 Å². The van der Waals surface area contributed by atoms with Crippen LogP contribution in [-0.4, -0.2) is 132 Å². The molecule has 2 aromatic heterocycles. The second-order valence-corrected chi connectivity index (χ2v) is 22.0. The predicted molar refractivity (Wildman–Crippen MR) is 334 cm³/mol. The largest absolute Gasteiger partial charge is 0.495 e. The number of methoxy groups -OCH3 is 5. The molecule has 6 aromatic rings. The fraction of sp³-hybridized carbons (Fsp3) is 0.455.